The lowest BCUT2D eigenvalue weighted by molar-refractivity contribution is 0.199. The first-order chi connectivity index (χ1) is 9.01. The zero-order chi connectivity index (χ0) is 14.4. The number of nitrogens with zero attached hydrogens (tertiary/aromatic N) is 1. The Labute approximate surface area is 116 Å². The number of hydrogen-bond acceptors (Lipinski definition) is 2. The van der Waals surface area contributed by atoms with Crippen molar-refractivity contribution in [3.05, 3.63) is 29.6 Å². The second kappa shape index (κ2) is 7.49. The Morgan fingerprint density at radius 3 is 2.42 bits per heavy atom. The summed E-state index contributed by atoms with van der Waals surface area (Å²) >= 11 is 0. The number of aliphatic hydroxyl groups excluding tert-OH is 1. The quantitative estimate of drug-likeness (QED) is 0.797. The Morgan fingerprint density at radius 2 is 1.95 bits per heavy atom. The molecule has 19 heavy (non-hydrogen) atoms. The molecule has 0 fully saturated rings. The second-order valence-corrected chi connectivity index (χ2v) is 5.19. The molecule has 0 radical (unpaired) electrons. The summed E-state index contributed by atoms with van der Waals surface area (Å²) in [5.41, 5.74) is 1.27. The van der Waals surface area contributed by atoms with Gasteiger partial charge in [-0.15, -0.1) is 0 Å². The summed E-state index contributed by atoms with van der Waals surface area (Å²) in [5, 5.41) is 9.49. The number of halogens is 1. The van der Waals surface area contributed by atoms with Gasteiger partial charge in [0.2, 0.25) is 0 Å². The molecule has 2 nitrogen and oxygen atoms in total. The number of benzene rings is 1. The van der Waals surface area contributed by atoms with Gasteiger partial charge in [-0.3, -0.25) is 0 Å². The van der Waals surface area contributed by atoms with Gasteiger partial charge in [-0.1, -0.05) is 26.3 Å². The van der Waals surface area contributed by atoms with Crippen molar-refractivity contribution in [1.82, 2.24) is 0 Å². The van der Waals surface area contributed by atoms with Crippen LogP contribution in [0, 0.1) is 5.82 Å². The Balaban J connectivity index is 3.01. The lowest BCUT2D eigenvalue weighted by atomic mass is 10.1. The molecular formula is C16H26FNO. The molecule has 0 aliphatic carbocycles. The topological polar surface area (TPSA) is 23.5 Å². The molecule has 0 saturated carbocycles. The van der Waals surface area contributed by atoms with Crippen LogP contribution in [0.5, 0.6) is 0 Å². The number of unbranched alkanes of at least 4 members (excludes halogenated alkanes) is 1. The first-order valence-corrected chi connectivity index (χ1v) is 7.25. The average molecular weight is 267 g/mol. The molecule has 0 spiro atoms. The van der Waals surface area contributed by atoms with E-state index in [4.69, 9.17) is 0 Å². The van der Waals surface area contributed by atoms with Crippen LogP contribution in [0.1, 0.15) is 58.6 Å². The van der Waals surface area contributed by atoms with Crippen LogP contribution >= 0.6 is 0 Å². The molecule has 1 aromatic carbocycles. The summed E-state index contributed by atoms with van der Waals surface area (Å²) in [6.07, 6.45) is 2.51. The van der Waals surface area contributed by atoms with Gasteiger partial charge < -0.3 is 10.0 Å². The standard InChI is InChI=1S/C16H26FNO/c1-5-7-10-18(12(3)6-2)16-9-8-14(13(4)19)11-15(16)17/h8-9,11-13,19H,5-7,10H2,1-4H3. The third-order valence-corrected chi connectivity index (χ3v) is 3.64. The molecule has 1 N–H and O–H groups in total. The van der Waals surface area contributed by atoms with E-state index in [-0.39, 0.29) is 5.82 Å². The van der Waals surface area contributed by atoms with Gasteiger partial charge in [-0.05, 0) is 44.4 Å². The highest BCUT2D eigenvalue weighted by molar-refractivity contribution is 5.50. The van der Waals surface area contributed by atoms with Crippen LogP contribution in [0.2, 0.25) is 0 Å². The van der Waals surface area contributed by atoms with Gasteiger partial charge in [0.15, 0.2) is 0 Å². The Morgan fingerprint density at radius 1 is 1.26 bits per heavy atom. The molecule has 1 aromatic rings. The van der Waals surface area contributed by atoms with Gasteiger partial charge in [0, 0.05) is 12.6 Å². The summed E-state index contributed by atoms with van der Waals surface area (Å²) in [6.45, 7) is 8.90. The minimum absolute atomic E-state index is 0.241. The van der Waals surface area contributed by atoms with Crippen LogP contribution < -0.4 is 4.90 Å². The number of rotatable bonds is 7. The molecule has 0 bridgehead atoms. The highest BCUT2D eigenvalue weighted by Crippen LogP contribution is 2.26. The third kappa shape index (κ3) is 4.20. The SMILES string of the molecule is CCCCN(c1ccc(C(C)O)cc1F)C(C)CC. The predicted molar refractivity (Wildman–Crippen MR) is 79.0 cm³/mol. The highest BCUT2D eigenvalue weighted by atomic mass is 19.1. The van der Waals surface area contributed by atoms with E-state index in [1.165, 1.54) is 6.07 Å². The van der Waals surface area contributed by atoms with Crippen molar-refractivity contribution in [2.24, 2.45) is 0 Å². The average Bonchev–Trinajstić information content (AvgIpc) is 2.39. The van der Waals surface area contributed by atoms with Crippen LogP contribution in [0.4, 0.5) is 10.1 Å². The second-order valence-electron chi connectivity index (χ2n) is 5.19. The third-order valence-electron chi connectivity index (χ3n) is 3.64. The predicted octanol–water partition coefficient (Wildman–Crippen LogP) is 4.28. The Bertz CT molecular complexity index is 392. The van der Waals surface area contributed by atoms with E-state index >= 15 is 0 Å². The lowest BCUT2D eigenvalue weighted by Gasteiger charge is -2.31. The monoisotopic (exact) mass is 267 g/mol. The molecular weight excluding hydrogens is 241 g/mol. The highest BCUT2D eigenvalue weighted by Gasteiger charge is 2.17. The molecule has 108 valence electrons. The van der Waals surface area contributed by atoms with Crippen LogP contribution in [0.15, 0.2) is 18.2 Å². The zero-order valence-electron chi connectivity index (χ0n) is 12.5. The van der Waals surface area contributed by atoms with E-state index in [2.05, 4.69) is 25.7 Å². The summed E-state index contributed by atoms with van der Waals surface area (Å²) in [6, 6.07) is 5.36. The van der Waals surface area contributed by atoms with Gasteiger partial charge >= 0.3 is 0 Å². The summed E-state index contributed by atoms with van der Waals surface area (Å²) in [5.74, 6) is -0.241. The van der Waals surface area contributed by atoms with Gasteiger partial charge in [0.05, 0.1) is 11.8 Å². The maximum Gasteiger partial charge on any atom is 0.146 e. The van der Waals surface area contributed by atoms with Gasteiger partial charge in [-0.2, -0.15) is 0 Å². The van der Waals surface area contributed by atoms with E-state index in [0.29, 0.717) is 17.3 Å². The molecule has 0 aliphatic rings. The van der Waals surface area contributed by atoms with E-state index in [9.17, 15) is 9.50 Å². The maximum absolute atomic E-state index is 14.2. The number of aliphatic hydroxyl groups is 1. The first-order valence-electron chi connectivity index (χ1n) is 7.25. The summed E-state index contributed by atoms with van der Waals surface area (Å²) < 4.78 is 14.2. The molecule has 0 aromatic heterocycles. The van der Waals surface area contributed by atoms with Gasteiger partial charge in [-0.25, -0.2) is 4.39 Å². The molecule has 3 heteroatoms. The van der Waals surface area contributed by atoms with Crippen molar-refractivity contribution in [1.29, 1.82) is 0 Å². The molecule has 0 heterocycles. The largest absolute Gasteiger partial charge is 0.389 e. The normalized spacial score (nSPS) is 14.2. The van der Waals surface area contributed by atoms with Crippen molar-refractivity contribution in [3.8, 4) is 0 Å². The van der Waals surface area contributed by atoms with Crippen molar-refractivity contribution < 1.29 is 9.50 Å². The van der Waals surface area contributed by atoms with E-state index < -0.39 is 6.10 Å². The van der Waals surface area contributed by atoms with Crippen molar-refractivity contribution in [2.75, 3.05) is 11.4 Å². The number of hydrogen-bond donors (Lipinski definition) is 1. The molecule has 0 amide bonds. The zero-order valence-corrected chi connectivity index (χ0v) is 12.5. The molecule has 2 unspecified atom stereocenters. The van der Waals surface area contributed by atoms with Crippen LogP contribution in [0.3, 0.4) is 0 Å². The first kappa shape index (κ1) is 16.0. The van der Waals surface area contributed by atoms with E-state index in [0.717, 1.165) is 25.8 Å². The van der Waals surface area contributed by atoms with Crippen molar-refractivity contribution in [2.45, 2.75) is 59.1 Å². The summed E-state index contributed by atoms with van der Waals surface area (Å²) in [4.78, 5) is 2.13. The van der Waals surface area contributed by atoms with E-state index in [1.807, 2.05) is 6.07 Å². The lowest BCUT2D eigenvalue weighted by Crippen LogP contribution is -2.34. The summed E-state index contributed by atoms with van der Waals surface area (Å²) in [7, 11) is 0. The van der Waals surface area contributed by atoms with Gasteiger partial charge in [0.1, 0.15) is 5.82 Å². The minimum atomic E-state index is -0.628. The fraction of sp³-hybridized carbons (Fsp3) is 0.625. The van der Waals surface area contributed by atoms with Crippen molar-refractivity contribution >= 4 is 5.69 Å². The van der Waals surface area contributed by atoms with Gasteiger partial charge in [0.25, 0.3) is 0 Å². The van der Waals surface area contributed by atoms with Crippen LogP contribution in [0.25, 0.3) is 0 Å². The molecule has 0 saturated heterocycles. The fourth-order valence-corrected chi connectivity index (χ4v) is 2.14. The molecule has 2 atom stereocenters. The van der Waals surface area contributed by atoms with Crippen molar-refractivity contribution in [3.63, 3.8) is 0 Å². The Hall–Kier alpha value is -1.09. The van der Waals surface area contributed by atoms with Crippen LogP contribution in [-0.4, -0.2) is 17.7 Å². The maximum atomic E-state index is 14.2. The number of anilines is 1. The smallest absolute Gasteiger partial charge is 0.146 e. The molecule has 0 aliphatic heterocycles. The fourth-order valence-electron chi connectivity index (χ4n) is 2.14. The minimum Gasteiger partial charge on any atom is -0.389 e. The molecule has 1 rings (SSSR count). The van der Waals surface area contributed by atoms with E-state index in [1.54, 1.807) is 13.0 Å². The Kier molecular flexibility index (Phi) is 6.29. The van der Waals surface area contributed by atoms with Crippen LogP contribution in [-0.2, 0) is 0 Å².